The second kappa shape index (κ2) is 10.8. The van der Waals surface area contributed by atoms with E-state index in [0.29, 0.717) is 22.3 Å². The molecule has 0 aliphatic rings. The van der Waals surface area contributed by atoms with Crippen LogP contribution in [0.25, 0.3) is 0 Å². The zero-order valence-corrected chi connectivity index (χ0v) is 22.8. The van der Waals surface area contributed by atoms with Crippen LogP contribution in [0.5, 0.6) is 23.0 Å². The summed E-state index contributed by atoms with van der Waals surface area (Å²) in [5.41, 5.74) is 2.06. The smallest absolute Gasteiger partial charge is 0.206 e. The summed E-state index contributed by atoms with van der Waals surface area (Å²) in [6, 6.07) is 16.4. The van der Waals surface area contributed by atoms with Gasteiger partial charge in [0.1, 0.15) is 23.0 Å². The summed E-state index contributed by atoms with van der Waals surface area (Å²) in [6.07, 6.45) is 0. The summed E-state index contributed by atoms with van der Waals surface area (Å²) in [5, 5.41) is 37.7. The molecular weight excluding hydrogens is 528 g/mol. The van der Waals surface area contributed by atoms with Gasteiger partial charge < -0.3 is 20.4 Å². The van der Waals surface area contributed by atoms with Gasteiger partial charge in [0.05, 0.1) is 19.6 Å². The first kappa shape index (κ1) is 28.5. The van der Waals surface area contributed by atoms with E-state index < -0.39 is 19.7 Å². The molecule has 0 aliphatic heterocycles. The fraction of sp³-hybridized carbons (Fsp3) is 0.143. The molecule has 0 aromatic heterocycles. The third kappa shape index (κ3) is 5.92. The van der Waals surface area contributed by atoms with Crippen LogP contribution in [0, 0.1) is 27.7 Å². The number of hydrogen-bond acceptors (Lipinski definition) is 8. The lowest BCUT2D eigenvalue weighted by molar-refractivity contribution is 0.466. The highest BCUT2D eigenvalue weighted by Gasteiger charge is 2.21. The fourth-order valence-electron chi connectivity index (χ4n) is 3.67. The highest BCUT2D eigenvalue weighted by atomic mass is 32.2. The van der Waals surface area contributed by atoms with Gasteiger partial charge in [-0.3, -0.25) is 0 Å². The van der Waals surface area contributed by atoms with Gasteiger partial charge in [-0.05, 0) is 123 Å². The van der Waals surface area contributed by atoms with Crippen molar-refractivity contribution in [2.45, 2.75) is 47.3 Å². The van der Waals surface area contributed by atoms with Crippen LogP contribution in [-0.2, 0) is 19.7 Å². The van der Waals surface area contributed by atoms with Crippen LogP contribution < -0.4 is 0 Å². The molecule has 0 radical (unpaired) electrons. The zero-order valence-electron chi connectivity index (χ0n) is 21.2. The Kier molecular flexibility index (Phi) is 8.09. The van der Waals surface area contributed by atoms with Crippen molar-refractivity contribution in [3.8, 4) is 23.0 Å². The molecule has 4 aromatic rings. The van der Waals surface area contributed by atoms with E-state index in [1.54, 1.807) is 27.7 Å². The third-order valence-electron chi connectivity index (χ3n) is 5.84. The van der Waals surface area contributed by atoms with Gasteiger partial charge in [0, 0.05) is 0 Å². The van der Waals surface area contributed by atoms with Crippen molar-refractivity contribution >= 4 is 19.7 Å². The lowest BCUT2D eigenvalue weighted by atomic mass is 10.1. The first-order chi connectivity index (χ1) is 17.6. The van der Waals surface area contributed by atoms with Crippen LogP contribution in [0.15, 0.2) is 92.4 Å². The van der Waals surface area contributed by atoms with Gasteiger partial charge in [-0.15, -0.1) is 0 Å². The minimum absolute atomic E-state index is 0.00894. The lowest BCUT2D eigenvalue weighted by Crippen LogP contribution is -2.04. The van der Waals surface area contributed by atoms with E-state index in [4.69, 9.17) is 10.2 Å². The maximum Gasteiger partial charge on any atom is 0.206 e. The van der Waals surface area contributed by atoms with Crippen LogP contribution in [-0.4, -0.2) is 37.3 Å². The predicted octanol–water partition coefficient (Wildman–Crippen LogP) is 5.09. The van der Waals surface area contributed by atoms with Crippen LogP contribution in [0.3, 0.4) is 0 Å². The van der Waals surface area contributed by atoms with Gasteiger partial charge in [-0.2, -0.15) is 0 Å². The average Bonchev–Trinajstić information content (AvgIpc) is 2.86. The predicted molar refractivity (Wildman–Crippen MR) is 142 cm³/mol. The van der Waals surface area contributed by atoms with E-state index in [1.807, 2.05) is 0 Å². The number of phenols is 4. The Hall–Kier alpha value is -4.02. The summed E-state index contributed by atoms with van der Waals surface area (Å²) in [5.74, 6) is 0.225. The zero-order chi connectivity index (χ0) is 28.4. The summed E-state index contributed by atoms with van der Waals surface area (Å²) >= 11 is 0. The first-order valence-corrected chi connectivity index (χ1v) is 14.3. The van der Waals surface area contributed by atoms with Gasteiger partial charge in [0.2, 0.25) is 19.7 Å². The van der Waals surface area contributed by atoms with Crippen molar-refractivity contribution in [1.82, 2.24) is 0 Å². The molecule has 0 bridgehead atoms. The molecule has 0 unspecified atom stereocenters. The van der Waals surface area contributed by atoms with Crippen LogP contribution in [0.2, 0.25) is 0 Å². The molecule has 4 aromatic carbocycles. The number of sulfone groups is 2. The molecule has 200 valence electrons. The molecular formula is C28H28O8S2. The summed E-state index contributed by atoms with van der Waals surface area (Å²) < 4.78 is 49.6. The summed E-state index contributed by atoms with van der Waals surface area (Å²) in [7, 11) is -7.28. The fourth-order valence-corrected chi connectivity index (χ4v) is 6.53. The van der Waals surface area contributed by atoms with Crippen molar-refractivity contribution in [3.05, 3.63) is 95.1 Å². The molecule has 8 nitrogen and oxygen atoms in total. The van der Waals surface area contributed by atoms with Crippen molar-refractivity contribution in [2.75, 3.05) is 0 Å². The van der Waals surface area contributed by atoms with Crippen LogP contribution in [0.1, 0.15) is 22.3 Å². The maximum atomic E-state index is 12.7. The van der Waals surface area contributed by atoms with Crippen molar-refractivity contribution in [2.24, 2.45) is 0 Å². The monoisotopic (exact) mass is 556 g/mol. The molecule has 0 heterocycles. The molecule has 0 amide bonds. The minimum atomic E-state index is -3.68. The number of hydrogen-bond donors (Lipinski definition) is 4. The number of benzene rings is 4. The van der Waals surface area contributed by atoms with E-state index in [2.05, 4.69) is 0 Å². The van der Waals surface area contributed by atoms with E-state index in [-0.39, 0.29) is 42.6 Å². The standard InChI is InChI=1S/C16H18O4S.C12H10O4S/c1-9-5-13(6-10(2)15(9)17)21(19,20)14-7-11(3)16(18)12(4)8-14;13-9-1-5-11(6-2-9)17(15,16)12-7-3-10(14)4-8-12/h5-8,17-18H,1-4H3;1-8,13-14H. The Balaban J connectivity index is 0.000000215. The van der Waals surface area contributed by atoms with Crippen LogP contribution in [0.4, 0.5) is 0 Å². The highest BCUT2D eigenvalue weighted by molar-refractivity contribution is 7.91. The SMILES string of the molecule is Cc1cc(S(=O)(=O)c2cc(C)c(O)c(C)c2)cc(C)c1O.O=S(=O)(c1ccc(O)cc1)c1ccc(O)cc1. The van der Waals surface area contributed by atoms with Crippen molar-refractivity contribution < 1.29 is 37.3 Å². The second-order valence-electron chi connectivity index (χ2n) is 8.81. The number of rotatable bonds is 4. The molecule has 4 rings (SSSR count). The quantitative estimate of drug-likeness (QED) is 0.271. The van der Waals surface area contributed by atoms with Crippen molar-refractivity contribution in [1.29, 1.82) is 0 Å². The molecule has 0 atom stereocenters. The molecule has 38 heavy (non-hydrogen) atoms. The van der Waals surface area contributed by atoms with Gasteiger partial charge in [0.15, 0.2) is 0 Å². The molecule has 0 aliphatic carbocycles. The molecule has 0 spiro atoms. The Morgan fingerprint density at radius 2 is 0.658 bits per heavy atom. The largest absolute Gasteiger partial charge is 0.508 e. The van der Waals surface area contributed by atoms with E-state index in [0.717, 1.165) is 0 Å². The molecule has 10 heteroatoms. The van der Waals surface area contributed by atoms with E-state index >= 15 is 0 Å². The Morgan fingerprint density at radius 1 is 0.421 bits per heavy atom. The maximum absolute atomic E-state index is 12.7. The summed E-state index contributed by atoms with van der Waals surface area (Å²) in [6.45, 7) is 6.65. The second-order valence-corrected chi connectivity index (χ2v) is 12.7. The highest BCUT2D eigenvalue weighted by Crippen LogP contribution is 2.32. The van der Waals surface area contributed by atoms with Gasteiger partial charge in [0.25, 0.3) is 0 Å². The number of aryl methyl sites for hydroxylation is 4. The molecule has 4 N–H and O–H groups in total. The third-order valence-corrected chi connectivity index (χ3v) is 9.34. The molecule has 0 saturated carbocycles. The van der Waals surface area contributed by atoms with Gasteiger partial charge >= 0.3 is 0 Å². The normalized spacial score (nSPS) is 11.5. The van der Waals surface area contributed by atoms with E-state index in [9.17, 15) is 27.0 Å². The van der Waals surface area contributed by atoms with Gasteiger partial charge in [-0.1, -0.05) is 0 Å². The average molecular weight is 557 g/mol. The Morgan fingerprint density at radius 3 is 0.921 bits per heavy atom. The molecule has 0 fully saturated rings. The number of phenolic OH excluding ortho intramolecular Hbond substituents is 4. The molecule has 0 saturated heterocycles. The Labute approximate surface area is 221 Å². The minimum Gasteiger partial charge on any atom is -0.508 e. The van der Waals surface area contributed by atoms with Crippen molar-refractivity contribution in [3.63, 3.8) is 0 Å². The topological polar surface area (TPSA) is 149 Å². The first-order valence-electron chi connectivity index (χ1n) is 11.3. The van der Waals surface area contributed by atoms with E-state index in [1.165, 1.54) is 72.8 Å². The lowest BCUT2D eigenvalue weighted by Gasteiger charge is -2.11. The Bertz CT molecular complexity index is 1530. The summed E-state index contributed by atoms with van der Waals surface area (Å²) in [4.78, 5) is 0.474. The number of aromatic hydroxyl groups is 4. The van der Waals surface area contributed by atoms with Gasteiger partial charge in [-0.25, -0.2) is 16.8 Å². The van der Waals surface area contributed by atoms with Crippen LogP contribution >= 0.6 is 0 Å².